The zero-order valence-corrected chi connectivity index (χ0v) is 10.2. The second-order valence-corrected chi connectivity index (χ2v) is 3.74. The molecule has 0 fully saturated rings. The van der Waals surface area contributed by atoms with Crippen LogP contribution in [0.4, 0.5) is 5.69 Å². The van der Waals surface area contributed by atoms with Gasteiger partial charge in [0.25, 0.3) is 0 Å². The summed E-state index contributed by atoms with van der Waals surface area (Å²) in [5.41, 5.74) is 0.997. The van der Waals surface area contributed by atoms with Gasteiger partial charge in [-0.2, -0.15) is 0 Å². The number of allylic oxidation sites excluding steroid dienone is 1. The van der Waals surface area contributed by atoms with Crippen LogP contribution in [-0.2, 0) is 0 Å². The minimum absolute atomic E-state index is 0.773. The van der Waals surface area contributed by atoms with Gasteiger partial charge in [-0.3, -0.25) is 0 Å². The Hall–Kier alpha value is -1.35. The second-order valence-electron chi connectivity index (χ2n) is 2.83. The summed E-state index contributed by atoms with van der Waals surface area (Å²) < 4.78 is 1.06. The summed E-state index contributed by atoms with van der Waals surface area (Å²) in [5.74, 6) is 0.773. The first kappa shape index (κ1) is 11.7. The first-order valence-corrected chi connectivity index (χ1v) is 5.39. The van der Waals surface area contributed by atoms with Crippen LogP contribution < -0.4 is 5.32 Å². The molecule has 0 amide bonds. The fraction of sp³-hybridized carbons (Fsp3) is 0.0833. The van der Waals surface area contributed by atoms with E-state index < -0.39 is 0 Å². The van der Waals surface area contributed by atoms with E-state index in [0.29, 0.717) is 0 Å². The van der Waals surface area contributed by atoms with Gasteiger partial charge in [-0.1, -0.05) is 28.6 Å². The Morgan fingerprint density at radius 3 is 2.60 bits per heavy atom. The summed E-state index contributed by atoms with van der Waals surface area (Å²) in [7, 11) is 0. The molecule has 1 aromatic rings. The van der Waals surface area contributed by atoms with Crippen molar-refractivity contribution in [3.63, 3.8) is 0 Å². The van der Waals surface area contributed by atoms with Crippen LogP contribution in [0.1, 0.15) is 6.92 Å². The SMILES string of the molecule is C=CN=C(C=CC)Nc1ccc(Br)cc1. The van der Waals surface area contributed by atoms with E-state index in [1.165, 1.54) is 6.20 Å². The molecule has 0 radical (unpaired) electrons. The predicted molar refractivity (Wildman–Crippen MR) is 70.2 cm³/mol. The lowest BCUT2D eigenvalue weighted by atomic mass is 10.3. The number of rotatable bonds is 3. The Kier molecular flexibility index (Phi) is 4.84. The topological polar surface area (TPSA) is 24.4 Å². The van der Waals surface area contributed by atoms with E-state index in [9.17, 15) is 0 Å². The number of hydrogen-bond donors (Lipinski definition) is 1. The molecule has 15 heavy (non-hydrogen) atoms. The van der Waals surface area contributed by atoms with Gasteiger partial charge in [0.15, 0.2) is 0 Å². The highest BCUT2D eigenvalue weighted by atomic mass is 79.9. The summed E-state index contributed by atoms with van der Waals surface area (Å²) in [5, 5.41) is 3.18. The Bertz CT molecular complexity index is 377. The quantitative estimate of drug-likeness (QED) is 0.648. The standard InChI is InChI=1S/C12H13BrN2/c1-3-5-12(14-4-2)15-11-8-6-10(13)7-9-11/h3-9H,2H2,1H3,(H,14,15). The van der Waals surface area contributed by atoms with Crippen molar-refractivity contribution < 1.29 is 0 Å². The largest absolute Gasteiger partial charge is 0.340 e. The van der Waals surface area contributed by atoms with Crippen LogP contribution in [0.2, 0.25) is 0 Å². The van der Waals surface area contributed by atoms with Crippen molar-refractivity contribution in [1.29, 1.82) is 0 Å². The first-order valence-electron chi connectivity index (χ1n) is 4.60. The average molecular weight is 265 g/mol. The third-order valence-corrected chi connectivity index (χ3v) is 2.20. The average Bonchev–Trinajstić information content (AvgIpc) is 2.22. The molecule has 0 aliphatic carbocycles. The third kappa shape index (κ3) is 4.13. The molecule has 0 bridgehead atoms. The minimum Gasteiger partial charge on any atom is -0.340 e. The highest BCUT2D eigenvalue weighted by Gasteiger charge is 1.94. The lowest BCUT2D eigenvalue weighted by Crippen LogP contribution is -2.07. The molecule has 1 N–H and O–H groups in total. The van der Waals surface area contributed by atoms with Crippen LogP contribution in [0.25, 0.3) is 0 Å². The van der Waals surface area contributed by atoms with Gasteiger partial charge in [0.2, 0.25) is 0 Å². The summed E-state index contributed by atoms with van der Waals surface area (Å²) in [4.78, 5) is 4.10. The molecule has 3 heteroatoms. The molecule has 0 saturated carbocycles. The molecule has 0 saturated heterocycles. The Balaban J connectivity index is 2.78. The van der Waals surface area contributed by atoms with Gasteiger partial charge in [0, 0.05) is 16.4 Å². The van der Waals surface area contributed by atoms with Gasteiger partial charge >= 0.3 is 0 Å². The maximum absolute atomic E-state index is 4.10. The summed E-state index contributed by atoms with van der Waals surface area (Å²) in [6.45, 7) is 5.52. The van der Waals surface area contributed by atoms with E-state index in [0.717, 1.165) is 16.0 Å². The number of nitrogens with zero attached hydrogens (tertiary/aromatic N) is 1. The van der Waals surface area contributed by atoms with Crippen molar-refractivity contribution in [1.82, 2.24) is 0 Å². The summed E-state index contributed by atoms with van der Waals surface area (Å²) in [6.07, 6.45) is 5.33. The molecule has 0 atom stereocenters. The zero-order chi connectivity index (χ0) is 11.1. The van der Waals surface area contributed by atoms with Crippen molar-refractivity contribution >= 4 is 27.5 Å². The highest BCUT2D eigenvalue weighted by Crippen LogP contribution is 2.14. The molecule has 1 aromatic carbocycles. The van der Waals surface area contributed by atoms with Gasteiger partial charge in [-0.25, -0.2) is 4.99 Å². The lowest BCUT2D eigenvalue weighted by molar-refractivity contribution is 1.52. The van der Waals surface area contributed by atoms with Gasteiger partial charge in [-0.15, -0.1) is 0 Å². The van der Waals surface area contributed by atoms with E-state index in [2.05, 4.69) is 32.8 Å². The number of amidine groups is 1. The van der Waals surface area contributed by atoms with Crippen molar-refractivity contribution in [2.75, 3.05) is 5.32 Å². The third-order valence-electron chi connectivity index (χ3n) is 1.67. The van der Waals surface area contributed by atoms with Crippen molar-refractivity contribution in [3.8, 4) is 0 Å². The van der Waals surface area contributed by atoms with E-state index in [4.69, 9.17) is 0 Å². The molecule has 0 spiro atoms. The molecule has 0 unspecified atom stereocenters. The Morgan fingerprint density at radius 2 is 2.07 bits per heavy atom. The van der Waals surface area contributed by atoms with Crippen molar-refractivity contribution in [2.24, 2.45) is 4.99 Å². The maximum Gasteiger partial charge on any atom is 0.129 e. The van der Waals surface area contributed by atoms with Crippen LogP contribution in [0, 0.1) is 0 Å². The van der Waals surface area contributed by atoms with Gasteiger partial charge in [-0.05, 0) is 37.3 Å². The normalized spacial score (nSPS) is 11.7. The molecule has 78 valence electrons. The number of anilines is 1. The molecule has 0 heterocycles. The van der Waals surface area contributed by atoms with Gasteiger partial charge < -0.3 is 5.32 Å². The zero-order valence-electron chi connectivity index (χ0n) is 8.57. The number of hydrogen-bond acceptors (Lipinski definition) is 1. The molecule has 0 aromatic heterocycles. The maximum atomic E-state index is 4.10. The van der Waals surface area contributed by atoms with E-state index in [1.807, 2.05) is 43.3 Å². The monoisotopic (exact) mass is 264 g/mol. The number of nitrogens with one attached hydrogen (secondary N) is 1. The molecule has 1 rings (SSSR count). The lowest BCUT2D eigenvalue weighted by Gasteiger charge is -2.05. The fourth-order valence-electron chi connectivity index (χ4n) is 1.05. The minimum atomic E-state index is 0.773. The predicted octanol–water partition coefficient (Wildman–Crippen LogP) is 3.98. The second kappa shape index (κ2) is 6.19. The molecular weight excluding hydrogens is 252 g/mol. The summed E-state index contributed by atoms with van der Waals surface area (Å²) >= 11 is 3.38. The van der Waals surface area contributed by atoms with E-state index >= 15 is 0 Å². The van der Waals surface area contributed by atoms with E-state index in [1.54, 1.807) is 0 Å². The Labute approximate surface area is 98.6 Å². The van der Waals surface area contributed by atoms with Gasteiger partial charge in [0.1, 0.15) is 5.84 Å². The van der Waals surface area contributed by atoms with Crippen LogP contribution >= 0.6 is 15.9 Å². The number of halogens is 1. The van der Waals surface area contributed by atoms with Crippen molar-refractivity contribution in [3.05, 3.63) is 53.7 Å². The molecule has 2 nitrogen and oxygen atoms in total. The smallest absolute Gasteiger partial charge is 0.129 e. The fourth-order valence-corrected chi connectivity index (χ4v) is 1.32. The van der Waals surface area contributed by atoms with Crippen LogP contribution in [0.15, 0.2) is 58.7 Å². The Morgan fingerprint density at radius 1 is 1.40 bits per heavy atom. The highest BCUT2D eigenvalue weighted by molar-refractivity contribution is 9.10. The molecular formula is C12H13BrN2. The first-order chi connectivity index (χ1) is 7.26. The molecule has 0 aliphatic heterocycles. The van der Waals surface area contributed by atoms with Crippen LogP contribution in [-0.4, -0.2) is 5.84 Å². The number of aliphatic imine (C=N–C) groups is 1. The van der Waals surface area contributed by atoms with E-state index in [-0.39, 0.29) is 0 Å². The van der Waals surface area contributed by atoms with Crippen LogP contribution in [0.3, 0.4) is 0 Å². The van der Waals surface area contributed by atoms with Gasteiger partial charge in [0.05, 0.1) is 0 Å². The molecule has 0 aliphatic rings. The van der Waals surface area contributed by atoms with Crippen molar-refractivity contribution in [2.45, 2.75) is 6.92 Å². The number of benzene rings is 1. The summed E-state index contributed by atoms with van der Waals surface area (Å²) in [6, 6.07) is 7.91. The van der Waals surface area contributed by atoms with Crippen LogP contribution in [0.5, 0.6) is 0 Å².